The number of anilines is 1. The fourth-order valence-corrected chi connectivity index (χ4v) is 3.02. The summed E-state index contributed by atoms with van der Waals surface area (Å²) in [7, 11) is 0. The number of carbonyl (C=O) groups is 1. The van der Waals surface area contributed by atoms with Crippen molar-refractivity contribution in [1.82, 2.24) is 0 Å². The lowest BCUT2D eigenvalue weighted by Gasteiger charge is -2.39. The molecule has 1 heterocycles. The van der Waals surface area contributed by atoms with Gasteiger partial charge < -0.3 is 30.5 Å². The molecular formula is C20H23N3O6. The molecule has 0 spiro atoms. The van der Waals surface area contributed by atoms with Crippen molar-refractivity contribution >= 4 is 23.0 Å². The van der Waals surface area contributed by atoms with Crippen LogP contribution in [-0.4, -0.2) is 57.0 Å². The number of nitrogens with zero attached hydrogens (tertiary/aromatic N) is 2. The average Bonchev–Trinajstić information content (AvgIpc) is 2.69. The van der Waals surface area contributed by atoms with E-state index in [-0.39, 0.29) is 0 Å². The highest BCUT2D eigenvalue weighted by molar-refractivity contribution is 5.73. The van der Waals surface area contributed by atoms with Crippen molar-refractivity contribution in [1.29, 1.82) is 0 Å². The van der Waals surface area contributed by atoms with Crippen LogP contribution in [0.25, 0.3) is 0 Å². The molecule has 2 aromatic carbocycles. The Bertz CT molecular complexity index is 919. The molecule has 0 saturated carbocycles. The number of hydrogen-bond acceptors (Lipinski definition) is 8. The third-order valence-electron chi connectivity index (χ3n) is 4.75. The predicted molar refractivity (Wildman–Crippen MR) is 104 cm³/mol. The molecule has 3 rings (SSSR count). The van der Waals surface area contributed by atoms with Crippen LogP contribution < -0.4 is 5.32 Å². The van der Waals surface area contributed by atoms with Gasteiger partial charge in [-0.25, -0.2) is 4.79 Å². The first-order valence-electron chi connectivity index (χ1n) is 9.05. The third-order valence-corrected chi connectivity index (χ3v) is 4.75. The fraction of sp³-hybridized carbons (Fsp3) is 0.350. The van der Waals surface area contributed by atoms with E-state index in [0.717, 1.165) is 16.8 Å². The molecule has 0 aromatic heterocycles. The number of azo groups is 1. The Kier molecular flexibility index (Phi) is 6.23. The van der Waals surface area contributed by atoms with Crippen molar-refractivity contribution in [2.75, 3.05) is 5.32 Å². The van der Waals surface area contributed by atoms with Gasteiger partial charge in [0.2, 0.25) is 0 Å². The first-order valence-corrected chi connectivity index (χ1v) is 9.05. The lowest BCUT2D eigenvalue weighted by molar-refractivity contribution is -0.221. The van der Waals surface area contributed by atoms with Crippen molar-refractivity contribution in [3.8, 4) is 0 Å². The van der Waals surface area contributed by atoms with Crippen LogP contribution in [0, 0.1) is 13.8 Å². The largest absolute Gasteiger partial charge is 0.479 e. The topological polar surface area (TPSA) is 144 Å². The van der Waals surface area contributed by atoms with Crippen LogP contribution >= 0.6 is 0 Å². The van der Waals surface area contributed by atoms with Gasteiger partial charge in [-0.1, -0.05) is 18.2 Å². The van der Waals surface area contributed by atoms with Crippen LogP contribution in [0.15, 0.2) is 52.7 Å². The van der Waals surface area contributed by atoms with Gasteiger partial charge >= 0.3 is 5.97 Å². The number of aliphatic carboxylic acids is 1. The summed E-state index contributed by atoms with van der Waals surface area (Å²) in [5, 5.41) is 50.3. The standard InChI is InChI=1S/C20H23N3O6/c1-10-5-3-4-6-14(10)23-22-12-7-8-13(11(2)9-12)21-19-17(26)15(24)16(25)18(29-19)20(27)28/h3-9,15-19,21,24-26H,1-2H3,(H,27,28)/t15-,16-,17+,18-,19+/m0/s1. The molecule has 2 aromatic rings. The smallest absolute Gasteiger partial charge is 0.335 e. The average molecular weight is 401 g/mol. The zero-order valence-corrected chi connectivity index (χ0v) is 15.9. The molecule has 0 amide bonds. The third kappa shape index (κ3) is 4.60. The van der Waals surface area contributed by atoms with Gasteiger partial charge in [0.15, 0.2) is 12.3 Å². The molecule has 154 valence electrons. The van der Waals surface area contributed by atoms with Gasteiger partial charge in [-0.2, -0.15) is 10.2 Å². The molecule has 1 saturated heterocycles. The number of aryl methyl sites for hydroxylation is 2. The molecule has 0 unspecified atom stereocenters. The van der Waals surface area contributed by atoms with E-state index in [1.165, 1.54) is 0 Å². The molecule has 9 heteroatoms. The Morgan fingerprint density at radius 3 is 2.34 bits per heavy atom. The quantitative estimate of drug-likeness (QED) is 0.482. The van der Waals surface area contributed by atoms with Crippen molar-refractivity contribution in [3.05, 3.63) is 53.6 Å². The molecule has 29 heavy (non-hydrogen) atoms. The highest BCUT2D eigenvalue weighted by Gasteiger charge is 2.47. The van der Waals surface area contributed by atoms with Crippen LogP contribution in [-0.2, 0) is 9.53 Å². The van der Waals surface area contributed by atoms with E-state index < -0.39 is 36.6 Å². The summed E-state index contributed by atoms with van der Waals surface area (Å²) in [6.45, 7) is 3.74. The van der Waals surface area contributed by atoms with Gasteiger partial charge in [-0.15, -0.1) is 0 Å². The molecule has 1 fully saturated rings. The molecule has 5 atom stereocenters. The van der Waals surface area contributed by atoms with E-state index in [2.05, 4.69) is 15.5 Å². The van der Waals surface area contributed by atoms with E-state index in [1.54, 1.807) is 25.1 Å². The van der Waals surface area contributed by atoms with Crippen LogP contribution in [0.4, 0.5) is 17.1 Å². The molecule has 1 aliphatic heterocycles. The Balaban J connectivity index is 1.75. The number of aliphatic hydroxyl groups excluding tert-OH is 3. The van der Waals surface area contributed by atoms with Crippen molar-refractivity contribution < 1.29 is 30.0 Å². The summed E-state index contributed by atoms with van der Waals surface area (Å²) in [6, 6.07) is 12.8. The predicted octanol–water partition coefficient (Wildman–Crippen LogP) is 2.02. The van der Waals surface area contributed by atoms with Gasteiger partial charge in [0.1, 0.15) is 18.3 Å². The molecule has 0 radical (unpaired) electrons. The van der Waals surface area contributed by atoms with Gasteiger partial charge in [0.25, 0.3) is 0 Å². The number of benzene rings is 2. The number of rotatable bonds is 5. The van der Waals surface area contributed by atoms with Gasteiger partial charge in [0.05, 0.1) is 11.4 Å². The number of nitrogens with one attached hydrogen (secondary N) is 1. The van der Waals surface area contributed by atoms with Crippen molar-refractivity contribution in [2.45, 2.75) is 44.5 Å². The number of hydrogen-bond donors (Lipinski definition) is 5. The first-order chi connectivity index (χ1) is 13.8. The Hall–Kier alpha value is -2.85. The zero-order valence-electron chi connectivity index (χ0n) is 15.9. The van der Waals surface area contributed by atoms with Gasteiger partial charge in [-0.05, 0) is 49.2 Å². The highest BCUT2D eigenvalue weighted by Crippen LogP contribution is 2.28. The summed E-state index contributed by atoms with van der Waals surface area (Å²) in [5.74, 6) is -1.43. The molecule has 0 bridgehead atoms. The lowest BCUT2D eigenvalue weighted by Crippen LogP contribution is -2.61. The number of aliphatic hydroxyl groups is 3. The second-order valence-electron chi connectivity index (χ2n) is 6.92. The normalized spacial score (nSPS) is 27.1. The van der Waals surface area contributed by atoms with E-state index in [9.17, 15) is 20.1 Å². The van der Waals surface area contributed by atoms with Crippen LogP contribution in [0.1, 0.15) is 11.1 Å². The number of ether oxygens (including phenoxy) is 1. The summed E-state index contributed by atoms with van der Waals surface area (Å²) >= 11 is 0. The van der Waals surface area contributed by atoms with Crippen LogP contribution in [0.2, 0.25) is 0 Å². The Morgan fingerprint density at radius 1 is 0.966 bits per heavy atom. The second kappa shape index (κ2) is 8.66. The minimum absolute atomic E-state index is 0.552. The van der Waals surface area contributed by atoms with E-state index >= 15 is 0 Å². The summed E-state index contributed by atoms with van der Waals surface area (Å²) in [5.41, 5.74) is 3.67. The minimum Gasteiger partial charge on any atom is -0.479 e. The molecule has 9 nitrogen and oxygen atoms in total. The molecule has 5 N–H and O–H groups in total. The molecule has 1 aliphatic rings. The maximum atomic E-state index is 11.2. The second-order valence-corrected chi connectivity index (χ2v) is 6.92. The summed E-state index contributed by atoms with van der Waals surface area (Å²) in [4.78, 5) is 11.2. The SMILES string of the molecule is Cc1ccccc1N=Nc1ccc(N[C@@H]2O[C@H](C(=O)O)[C@@H](O)[C@H](O)[C@H]2O)c(C)c1. The lowest BCUT2D eigenvalue weighted by atomic mass is 9.98. The van der Waals surface area contributed by atoms with Crippen molar-refractivity contribution in [3.63, 3.8) is 0 Å². The maximum Gasteiger partial charge on any atom is 0.335 e. The Morgan fingerprint density at radius 2 is 1.69 bits per heavy atom. The van der Waals surface area contributed by atoms with Gasteiger partial charge in [0, 0.05) is 5.69 Å². The molecular weight excluding hydrogens is 378 g/mol. The maximum absolute atomic E-state index is 11.2. The van der Waals surface area contributed by atoms with E-state index in [1.807, 2.05) is 31.2 Å². The monoisotopic (exact) mass is 401 g/mol. The van der Waals surface area contributed by atoms with Crippen LogP contribution in [0.5, 0.6) is 0 Å². The fourth-order valence-electron chi connectivity index (χ4n) is 3.02. The number of carboxylic acids is 1. The Labute approximate surface area is 167 Å². The minimum atomic E-state index is -1.73. The molecule has 0 aliphatic carbocycles. The van der Waals surface area contributed by atoms with Crippen molar-refractivity contribution in [2.24, 2.45) is 10.2 Å². The van der Waals surface area contributed by atoms with Crippen LogP contribution in [0.3, 0.4) is 0 Å². The highest BCUT2D eigenvalue weighted by atomic mass is 16.6. The van der Waals surface area contributed by atoms with E-state index in [0.29, 0.717) is 11.4 Å². The summed E-state index contributed by atoms with van der Waals surface area (Å²) in [6.07, 6.45) is -7.78. The van der Waals surface area contributed by atoms with Gasteiger partial charge in [-0.3, -0.25) is 0 Å². The number of carboxylic acid groups (broad SMARTS) is 1. The summed E-state index contributed by atoms with van der Waals surface area (Å²) < 4.78 is 5.24. The van der Waals surface area contributed by atoms with E-state index in [4.69, 9.17) is 9.84 Å². The zero-order chi connectivity index (χ0) is 21.1. The first kappa shape index (κ1) is 20.9.